The lowest BCUT2D eigenvalue weighted by Gasteiger charge is -2.29. The molecule has 3 heterocycles. The summed E-state index contributed by atoms with van der Waals surface area (Å²) in [5.74, 6) is 0. The van der Waals surface area contributed by atoms with E-state index in [-0.39, 0.29) is 0 Å². The summed E-state index contributed by atoms with van der Waals surface area (Å²) in [5, 5.41) is 40.6. The first kappa shape index (κ1) is 13.3. The Morgan fingerprint density at radius 3 is 2.80 bits per heavy atom. The molecule has 0 aliphatic carbocycles. The van der Waals surface area contributed by atoms with Crippen molar-refractivity contribution in [1.29, 1.82) is 0 Å². The van der Waals surface area contributed by atoms with Gasteiger partial charge in [0.05, 0.1) is 18.6 Å². The normalized spacial score (nSPS) is 34.0. The summed E-state index contributed by atoms with van der Waals surface area (Å²) < 4.78 is 7.09. The van der Waals surface area contributed by atoms with Gasteiger partial charge in [-0.25, -0.2) is 4.98 Å². The average Bonchev–Trinajstić information content (AvgIpc) is 2.96. The largest absolute Gasteiger partial charge is 0.394 e. The van der Waals surface area contributed by atoms with Crippen LogP contribution in [0, 0.1) is 6.92 Å². The molecular formula is C11H15N5O4. The van der Waals surface area contributed by atoms with Gasteiger partial charge in [0.15, 0.2) is 11.4 Å². The maximum Gasteiger partial charge on any atom is 0.188 e. The summed E-state index contributed by atoms with van der Waals surface area (Å²) in [6, 6.07) is 0. The van der Waals surface area contributed by atoms with Crippen LogP contribution in [0.15, 0.2) is 6.33 Å². The van der Waals surface area contributed by atoms with Crippen molar-refractivity contribution in [2.75, 3.05) is 6.61 Å². The van der Waals surface area contributed by atoms with Crippen LogP contribution in [0.3, 0.4) is 0 Å². The molecule has 9 heteroatoms. The summed E-state index contributed by atoms with van der Waals surface area (Å²) in [5.41, 5.74) is 0.247. The highest BCUT2D eigenvalue weighted by Crippen LogP contribution is 2.36. The second kappa shape index (κ2) is 4.42. The van der Waals surface area contributed by atoms with Crippen molar-refractivity contribution in [3.63, 3.8) is 0 Å². The average molecular weight is 281 g/mol. The Balaban J connectivity index is 2.13. The van der Waals surface area contributed by atoms with Gasteiger partial charge >= 0.3 is 0 Å². The molecule has 4 atom stereocenters. The maximum absolute atomic E-state index is 10.2. The minimum atomic E-state index is -1.29. The molecule has 3 rings (SSSR count). The van der Waals surface area contributed by atoms with Gasteiger partial charge in [0.25, 0.3) is 0 Å². The van der Waals surface area contributed by atoms with Crippen LogP contribution >= 0.6 is 0 Å². The third-order valence-electron chi connectivity index (χ3n) is 3.72. The molecule has 1 fully saturated rings. The Bertz CT molecular complexity index is 647. The van der Waals surface area contributed by atoms with Gasteiger partial charge in [-0.05, 0) is 19.1 Å². The second-order valence-electron chi connectivity index (χ2n) is 4.99. The lowest BCUT2D eigenvalue weighted by molar-refractivity contribution is -0.132. The molecule has 0 saturated carbocycles. The van der Waals surface area contributed by atoms with Crippen LogP contribution < -0.4 is 0 Å². The molecule has 1 aliphatic heterocycles. The van der Waals surface area contributed by atoms with E-state index in [1.54, 1.807) is 13.8 Å². The van der Waals surface area contributed by atoms with Crippen LogP contribution in [-0.2, 0) is 10.5 Å². The molecule has 2 aromatic rings. The number of ether oxygens (including phenoxy) is 1. The van der Waals surface area contributed by atoms with E-state index in [9.17, 15) is 15.3 Å². The van der Waals surface area contributed by atoms with Gasteiger partial charge in [0.2, 0.25) is 0 Å². The van der Waals surface area contributed by atoms with Gasteiger partial charge in [-0.3, -0.25) is 4.57 Å². The number of hydrogen-bond acceptors (Lipinski definition) is 8. The molecule has 2 unspecified atom stereocenters. The third kappa shape index (κ3) is 1.64. The molecule has 0 aromatic carbocycles. The first-order valence-electron chi connectivity index (χ1n) is 6.17. The van der Waals surface area contributed by atoms with Crippen molar-refractivity contribution in [3.05, 3.63) is 12.0 Å². The van der Waals surface area contributed by atoms with E-state index in [0.29, 0.717) is 16.9 Å². The zero-order chi connectivity index (χ0) is 14.5. The van der Waals surface area contributed by atoms with E-state index < -0.39 is 30.6 Å². The highest BCUT2D eigenvalue weighted by atomic mass is 16.6. The number of aliphatic hydroxyl groups excluding tert-OH is 3. The summed E-state index contributed by atoms with van der Waals surface area (Å²) in [6.07, 6.45) is -1.85. The van der Waals surface area contributed by atoms with E-state index in [1.165, 1.54) is 10.9 Å². The smallest absolute Gasteiger partial charge is 0.188 e. The van der Waals surface area contributed by atoms with Gasteiger partial charge in [0, 0.05) is 0 Å². The van der Waals surface area contributed by atoms with Crippen molar-refractivity contribution >= 4 is 11.2 Å². The maximum atomic E-state index is 10.2. The van der Waals surface area contributed by atoms with E-state index >= 15 is 0 Å². The monoisotopic (exact) mass is 281 g/mol. The Labute approximate surface area is 113 Å². The van der Waals surface area contributed by atoms with Gasteiger partial charge in [0.1, 0.15) is 23.8 Å². The molecule has 0 radical (unpaired) electrons. The highest BCUT2D eigenvalue weighted by molar-refractivity contribution is 5.72. The van der Waals surface area contributed by atoms with Gasteiger partial charge < -0.3 is 20.1 Å². The zero-order valence-corrected chi connectivity index (χ0v) is 11.0. The molecule has 2 aromatic heterocycles. The Morgan fingerprint density at radius 1 is 1.40 bits per heavy atom. The summed E-state index contributed by atoms with van der Waals surface area (Å²) >= 11 is 0. The standard InChI is InChI=1S/C11H15N5O4/c1-5-7-10(14-15-13-5)16(4-12-7)11(2)9(19)8(18)6(3-17)20-11/h4,6,8-9,17-19H,3H2,1-2H3/t6?,8-,9-,11?/m0/s1. The van der Waals surface area contributed by atoms with E-state index in [1.807, 2.05) is 0 Å². The van der Waals surface area contributed by atoms with Gasteiger partial charge in [-0.2, -0.15) is 0 Å². The molecule has 9 nitrogen and oxygen atoms in total. The molecular weight excluding hydrogens is 266 g/mol. The van der Waals surface area contributed by atoms with Crippen LogP contribution in [0.2, 0.25) is 0 Å². The number of hydrogen-bond donors (Lipinski definition) is 3. The molecule has 1 saturated heterocycles. The van der Waals surface area contributed by atoms with Crippen molar-refractivity contribution in [3.8, 4) is 0 Å². The number of rotatable bonds is 2. The Kier molecular flexibility index (Phi) is 2.94. The fraction of sp³-hybridized carbons (Fsp3) is 0.636. The Morgan fingerprint density at radius 2 is 2.15 bits per heavy atom. The number of aryl methyl sites for hydroxylation is 1. The van der Waals surface area contributed by atoms with Gasteiger partial charge in [-0.1, -0.05) is 0 Å². The number of fused-ring (bicyclic) bond motifs is 1. The lowest BCUT2D eigenvalue weighted by atomic mass is 10.0. The minimum absolute atomic E-state index is 0.393. The molecule has 3 N–H and O–H groups in total. The van der Waals surface area contributed by atoms with E-state index in [2.05, 4.69) is 20.4 Å². The van der Waals surface area contributed by atoms with E-state index in [4.69, 9.17) is 4.74 Å². The molecule has 0 spiro atoms. The summed E-state index contributed by atoms with van der Waals surface area (Å²) in [4.78, 5) is 4.18. The van der Waals surface area contributed by atoms with Crippen molar-refractivity contribution in [2.24, 2.45) is 0 Å². The van der Waals surface area contributed by atoms with Crippen LogP contribution in [0.4, 0.5) is 0 Å². The number of aliphatic hydroxyl groups is 3. The van der Waals surface area contributed by atoms with Gasteiger partial charge in [-0.15, -0.1) is 10.2 Å². The zero-order valence-electron chi connectivity index (χ0n) is 11.0. The van der Waals surface area contributed by atoms with Crippen molar-refractivity contribution in [1.82, 2.24) is 25.0 Å². The predicted molar refractivity (Wildman–Crippen MR) is 65.5 cm³/mol. The van der Waals surface area contributed by atoms with Crippen LogP contribution in [0.25, 0.3) is 11.2 Å². The molecule has 1 aliphatic rings. The lowest BCUT2D eigenvalue weighted by Crippen LogP contribution is -2.43. The number of imidazole rings is 1. The highest BCUT2D eigenvalue weighted by Gasteiger charge is 2.52. The van der Waals surface area contributed by atoms with Crippen LogP contribution in [0.5, 0.6) is 0 Å². The van der Waals surface area contributed by atoms with Crippen LogP contribution in [0.1, 0.15) is 12.6 Å². The van der Waals surface area contributed by atoms with Crippen LogP contribution in [-0.4, -0.2) is 65.2 Å². The third-order valence-corrected chi connectivity index (χ3v) is 3.72. The molecule has 0 bridgehead atoms. The van der Waals surface area contributed by atoms with E-state index in [0.717, 1.165) is 0 Å². The second-order valence-corrected chi connectivity index (χ2v) is 4.99. The predicted octanol–water partition coefficient (Wildman–Crippen LogP) is -1.68. The molecule has 108 valence electrons. The fourth-order valence-corrected chi connectivity index (χ4v) is 2.51. The summed E-state index contributed by atoms with van der Waals surface area (Å²) in [7, 11) is 0. The first-order valence-corrected chi connectivity index (χ1v) is 6.17. The van der Waals surface area contributed by atoms with Crippen molar-refractivity contribution in [2.45, 2.75) is 37.9 Å². The topological polar surface area (TPSA) is 126 Å². The quantitative estimate of drug-likeness (QED) is 0.595. The number of nitrogens with zero attached hydrogens (tertiary/aromatic N) is 5. The Hall–Kier alpha value is -1.68. The molecule has 0 amide bonds. The first-order chi connectivity index (χ1) is 9.49. The minimum Gasteiger partial charge on any atom is -0.394 e. The number of aromatic nitrogens is 5. The molecule has 20 heavy (non-hydrogen) atoms. The summed E-state index contributed by atoms with van der Waals surface area (Å²) in [6.45, 7) is 2.94. The SMILES string of the molecule is Cc1nnnc2c1ncn2C1(C)OC(CO)[C@H](O)[C@@H]1O. The fourth-order valence-electron chi connectivity index (χ4n) is 2.51. The van der Waals surface area contributed by atoms with Crippen molar-refractivity contribution < 1.29 is 20.1 Å².